The molecule has 23 heavy (non-hydrogen) atoms. The smallest absolute Gasteiger partial charge is 0.318 e. The minimum atomic E-state index is -0.751. The van der Waals surface area contributed by atoms with E-state index in [9.17, 15) is 9.59 Å². The van der Waals surface area contributed by atoms with E-state index in [0.717, 1.165) is 4.68 Å². The molecule has 0 unspecified atom stereocenters. The second-order valence-corrected chi connectivity index (χ2v) is 5.46. The van der Waals surface area contributed by atoms with Crippen molar-refractivity contribution in [1.82, 2.24) is 30.0 Å². The zero-order valence-corrected chi connectivity index (χ0v) is 11.8. The maximum absolute atomic E-state index is 12.1. The van der Waals surface area contributed by atoms with Crippen LogP contribution < -0.4 is 11.0 Å². The quantitative estimate of drug-likeness (QED) is 0.642. The fraction of sp³-hybridized carbons (Fsp3) is 0.214. The summed E-state index contributed by atoms with van der Waals surface area (Å²) in [6.07, 6.45) is 5.93. The number of nitrogens with zero attached hydrogens (tertiary/aromatic N) is 4. The van der Waals surface area contributed by atoms with Crippen LogP contribution in [-0.4, -0.2) is 36.3 Å². The van der Waals surface area contributed by atoms with Crippen LogP contribution in [0.5, 0.6) is 0 Å². The molecule has 0 radical (unpaired) electrons. The van der Waals surface area contributed by atoms with Gasteiger partial charge < -0.3 is 10.3 Å². The van der Waals surface area contributed by atoms with E-state index >= 15 is 0 Å². The van der Waals surface area contributed by atoms with Crippen molar-refractivity contribution in [2.75, 3.05) is 0 Å². The summed E-state index contributed by atoms with van der Waals surface area (Å²) in [4.78, 5) is 32.9. The van der Waals surface area contributed by atoms with Crippen LogP contribution in [0.15, 0.2) is 29.5 Å². The van der Waals surface area contributed by atoms with Crippen LogP contribution in [0.1, 0.15) is 12.8 Å². The number of imidazole rings is 1. The molecule has 0 bridgehead atoms. The van der Waals surface area contributed by atoms with Crippen LogP contribution in [0, 0.1) is 11.3 Å². The highest BCUT2D eigenvalue weighted by atomic mass is 16.2. The summed E-state index contributed by atoms with van der Waals surface area (Å²) < 4.78 is 1.14. The first kappa shape index (κ1) is 13.3. The Labute approximate surface area is 129 Å². The molecule has 3 aromatic rings. The molecule has 1 aliphatic carbocycles. The predicted octanol–water partition coefficient (Wildman–Crippen LogP) is 0.729. The molecule has 1 amide bonds. The third-order valence-electron chi connectivity index (χ3n) is 3.83. The lowest BCUT2D eigenvalue weighted by molar-refractivity contribution is 0.237. The molecule has 3 aromatic heterocycles. The number of hydrogen-bond donors (Lipinski definition) is 3. The Balaban J connectivity index is 1.68. The molecule has 0 aromatic carbocycles. The minimum Gasteiger partial charge on any atom is -0.318 e. The lowest BCUT2D eigenvalue weighted by atomic mass is 10.1. The summed E-state index contributed by atoms with van der Waals surface area (Å²) >= 11 is 0. The Bertz CT molecular complexity index is 1020. The number of fused-ring (bicyclic) bond motifs is 1. The average molecular weight is 309 g/mol. The number of pyridine rings is 1. The number of rotatable bonds is 2. The van der Waals surface area contributed by atoms with Gasteiger partial charge in [-0.05, 0) is 18.9 Å². The molecule has 114 valence electrons. The van der Waals surface area contributed by atoms with Gasteiger partial charge in [0, 0.05) is 23.5 Å². The van der Waals surface area contributed by atoms with E-state index < -0.39 is 11.6 Å². The van der Waals surface area contributed by atoms with Crippen LogP contribution in [0.2, 0.25) is 0 Å². The normalized spacial score (nSPS) is 15.3. The molecule has 0 spiro atoms. The van der Waals surface area contributed by atoms with E-state index in [1.54, 1.807) is 18.5 Å². The third-order valence-corrected chi connectivity index (χ3v) is 3.83. The predicted molar refractivity (Wildman–Crippen MR) is 79.4 cm³/mol. The lowest BCUT2D eigenvalue weighted by Crippen LogP contribution is -2.38. The van der Waals surface area contributed by atoms with Crippen molar-refractivity contribution in [2.24, 2.45) is 0 Å². The van der Waals surface area contributed by atoms with Gasteiger partial charge in [0.25, 0.3) is 0 Å². The number of nitriles is 1. The van der Waals surface area contributed by atoms with Gasteiger partial charge in [0.05, 0.1) is 17.8 Å². The van der Waals surface area contributed by atoms with Gasteiger partial charge in [-0.1, -0.05) is 0 Å². The summed E-state index contributed by atoms with van der Waals surface area (Å²) in [7, 11) is 0. The SMILES string of the molecule is N#CC1(NC(=O)n2cc(-c3ccnc4[nH]c(=O)[nH]c34)cn2)CC1. The zero-order chi connectivity index (χ0) is 16.0. The summed E-state index contributed by atoms with van der Waals surface area (Å²) in [6.45, 7) is 0. The Hall–Kier alpha value is -3.41. The first-order valence-corrected chi connectivity index (χ1v) is 6.96. The monoisotopic (exact) mass is 309 g/mol. The Morgan fingerprint density at radius 2 is 2.26 bits per heavy atom. The molecule has 3 N–H and O–H groups in total. The first-order chi connectivity index (χ1) is 11.1. The standard InChI is InChI=1S/C14H11N7O2/c15-7-14(2-3-14)20-13(23)21-6-8(5-17-21)9-1-4-16-11-10(9)18-12(22)19-11/h1,4-6H,2-3H2,(H,20,23)(H2,16,18,19,22). The molecule has 1 aliphatic rings. The molecule has 0 saturated heterocycles. The molecule has 4 rings (SSSR count). The number of aromatic nitrogens is 5. The molecule has 9 nitrogen and oxygen atoms in total. The molecule has 9 heteroatoms. The number of hydrogen-bond acceptors (Lipinski definition) is 5. The second-order valence-electron chi connectivity index (χ2n) is 5.46. The number of carbonyl (C=O) groups is 1. The maximum atomic E-state index is 12.1. The number of H-pyrrole nitrogens is 2. The second kappa shape index (κ2) is 4.54. The Morgan fingerprint density at radius 3 is 3.00 bits per heavy atom. The topological polar surface area (TPSA) is 132 Å². The van der Waals surface area contributed by atoms with E-state index in [1.807, 2.05) is 0 Å². The number of nitrogens with one attached hydrogen (secondary N) is 3. The first-order valence-electron chi connectivity index (χ1n) is 6.96. The Morgan fingerprint density at radius 1 is 1.43 bits per heavy atom. The molecule has 0 atom stereocenters. The number of carbonyl (C=O) groups excluding carboxylic acids is 1. The van der Waals surface area contributed by atoms with Crippen molar-refractivity contribution in [2.45, 2.75) is 18.4 Å². The summed E-state index contributed by atoms with van der Waals surface area (Å²) in [6, 6.07) is 3.36. The largest absolute Gasteiger partial charge is 0.343 e. The molecular formula is C14H11N7O2. The summed E-state index contributed by atoms with van der Waals surface area (Å²) in [5.74, 6) is 0. The van der Waals surface area contributed by atoms with Gasteiger partial charge in [-0.15, -0.1) is 0 Å². The lowest BCUT2D eigenvalue weighted by Gasteiger charge is -2.07. The van der Waals surface area contributed by atoms with E-state index in [2.05, 4.69) is 31.4 Å². The summed E-state index contributed by atoms with van der Waals surface area (Å²) in [5.41, 5.74) is 1.24. The molecule has 0 aliphatic heterocycles. The molecule has 3 heterocycles. The van der Waals surface area contributed by atoms with E-state index in [4.69, 9.17) is 5.26 Å². The van der Waals surface area contributed by atoms with E-state index in [1.165, 1.54) is 6.20 Å². The number of amides is 1. The third kappa shape index (κ3) is 2.17. The van der Waals surface area contributed by atoms with Crippen LogP contribution in [0.4, 0.5) is 4.79 Å². The average Bonchev–Trinajstić information content (AvgIpc) is 2.97. The maximum Gasteiger partial charge on any atom is 0.343 e. The van der Waals surface area contributed by atoms with Gasteiger partial charge in [-0.2, -0.15) is 15.0 Å². The molecule has 1 saturated carbocycles. The highest BCUT2D eigenvalue weighted by Gasteiger charge is 2.45. The van der Waals surface area contributed by atoms with Crippen LogP contribution >= 0.6 is 0 Å². The highest BCUT2D eigenvalue weighted by Crippen LogP contribution is 2.34. The van der Waals surface area contributed by atoms with Crippen LogP contribution in [0.3, 0.4) is 0 Å². The number of aromatic amines is 2. The van der Waals surface area contributed by atoms with Gasteiger partial charge in [-0.3, -0.25) is 4.98 Å². The van der Waals surface area contributed by atoms with Gasteiger partial charge >= 0.3 is 11.7 Å². The zero-order valence-electron chi connectivity index (χ0n) is 11.8. The summed E-state index contributed by atoms with van der Waals surface area (Å²) in [5, 5.41) is 15.7. The van der Waals surface area contributed by atoms with Crippen molar-refractivity contribution < 1.29 is 4.79 Å². The van der Waals surface area contributed by atoms with Crippen LogP contribution in [0.25, 0.3) is 22.3 Å². The highest BCUT2D eigenvalue weighted by molar-refractivity contribution is 5.89. The van der Waals surface area contributed by atoms with Gasteiger partial charge in [0.1, 0.15) is 5.54 Å². The van der Waals surface area contributed by atoms with Crippen molar-refractivity contribution in [1.29, 1.82) is 5.26 Å². The van der Waals surface area contributed by atoms with Gasteiger partial charge in [0.15, 0.2) is 5.65 Å². The van der Waals surface area contributed by atoms with Crippen molar-refractivity contribution >= 4 is 17.2 Å². The Kier molecular flexibility index (Phi) is 2.62. The fourth-order valence-corrected chi connectivity index (χ4v) is 2.40. The fourth-order valence-electron chi connectivity index (χ4n) is 2.40. The van der Waals surface area contributed by atoms with Gasteiger partial charge in [0.2, 0.25) is 0 Å². The van der Waals surface area contributed by atoms with E-state index in [0.29, 0.717) is 35.1 Å². The van der Waals surface area contributed by atoms with Crippen molar-refractivity contribution in [3.05, 3.63) is 35.1 Å². The van der Waals surface area contributed by atoms with Crippen molar-refractivity contribution in [3.63, 3.8) is 0 Å². The minimum absolute atomic E-state index is 0.352. The molecule has 1 fully saturated rings. The van der Waals surface area contributed by atoms with E-state index in [-0.39, 0.29) is 5.69 Å². The van der Waals surface area contributed by atoms with Gasteiger partial charge in [-0.25, -0.2) is 14.6 Å². The van der Waals surface area contributed by atoms with Crippen molar-refractivity contribution in [3.8, 4) is 17.2 Å². The molecular weight excluding hydrogens is 298 g/mol. The van der Waals surface area contributed by atoms with Crippen LogP contribution in [-0.2, 0) is 0 Å².